The van der Waals surface area contributed by atoms with Crippen molar-refractivity contribution in [2.24, 2.45) is 0 Å². The summed E-state index contributed by atoms with van der Waals surface area (Å²) in [6.07, 6.45) is 5.25. The highest BCUT2D eigenvalue weighted by atomic mass is 32.1. The van der Waals surface area contributed by atoms with E-state index in [4.69, 9.17) is 4.84 Å². The largest absolute Gasteiger partial charge is 0.344 e. The molecule has 2 aliphatic heterocycles. The fourth-order valence-electron chi connectivity index (χ4n) is 3.75. The van der Waals surface area contributed by atoms with E-state index >= 15 is 0 Å². The Labute approximate surface area is 166 Å². The lowest BCUT2D eigenvalue weighted by Crippen LogP contribution is -2.33. The van der Waals surface area contributed by atoms with Gasteiger partial charge in [-0.1, -0.05) is 41.7 Å². The number of urea groups is 1. The molecule has 2 unspecified atom stereocenters. The first-order valence-electron chi connectivity index (χ1n) is 9.30. The first-order chi connectivity index (χ1) is 13.8. The number of carbonyl (C=O) groups excluding carboxylic acids is 1. The topological polar surface area (TPSA) is 71.5 Å². The first-order valence-corrected chi connectivity index (χ1v) is 10.1. The van der Waals surface area contributed by atoms with Gasteiger partial charge in [0.1, 0.15) is 16.6 Å². The van der Waals surface area contributed by atoms with E-state index in [-0.39, 0.29) is 18.1 Å². The van der Waals surface area contributed by atoms with E-state index in [2.05, 4.69) is 15.2 Å². The number of carbonyl (C=O) groups is 1. The van der Waals surface area contributed by atoms with Crippen LogP contribution in [0.15, 0.2) is 54.9 Å². The van der Waals surface area contributed by atoms with Crippen LogP contribution < -0.4 is 0 Å². The molecule has 28 heavy (non-hydrogen) atoms. The van der Waals surface area contributed by atoms with Crippen molar-refractivity contribution < 1.29 is 9.63 Å². The molecule has 4 heterocycles. The number of nitrogens with zero attached hydrogens (tertiary/aromatic N) is 5. The molecule has 2 bridgehead atoms. The second-order valence-corrected chi connectivity index (χ2v) is 7.96. The fourth-order valence-corrected chi connectivity index (χ4v) is 4.75. The molecule has 0 spiro atoms. The number of hydroxylamine groups is 2. The quantitative estimate of drug-likeness (QED) is 0.661. The van der Waals surface area contributed by atoms with Crippen LogP contribution in [-0.4, -0.2) is 43.8 Å². The van der Waals surface area contributed by atoms with Crippen LogP contribution in [0.4, 0.5) is 4.79 Å². The maximum Gasteiger partial charge on any atom is 0.344 e. The van der Waals surface area contributed by atoms with Crippen molar-refractivity contribution in [3.05, 3.63) is 65.4 Å². The zero-order chi connectivity index (χ0) is 18.9. The molecule has 2 saturated heterocycles. The summed E-state index contributed by atoms with van der Waals surface area (Å²) in [6, 6.07) is 13.7. The number of aromatic nitrogens is 3. The molecule has 0 radical (unpaired) electrons. The molecular formula is C20H19N5O2S. The summed E-state index contributed by atoms with van der Waals surface area (Å²) >= 11 is 1.54. The predicted octanol–water partition coefficient (Wildman–Crippen LogP) is 3.67. The van der Waals surface area contributed by atoms with Crippen molar-refractivity contribution in [3.63, 3.8) is 0 Å². The molecule has 0 aliphatic carbocycles. The van der Waals surface area contributed by atoms with E-state index < -0.39 is 0 Å². The minimum atomic E-state index is -0.0795. The van der Waals surface area contributed by atoms with Crippen LogP contribution in [0.3, 0.4) is 0 Å². The number of pyridine rings is 1. The highest BCUT2D eigenvalue weighted by Gasteiger charge is 2.47. The highest BCUT2D eigenvalue weighted by Crippen LogP contribution is 2.40. The van der Waals surface area contributed by atoms with Gasteiger partial charge < -0.3 is 4.90 Å². The molecule has 142 valence electrons. The van der Waals surface area contributed by atoms with Crippen LogP contribution in [0.1, 0.15) is 29.5 Å². The van der Waals surface area contributed by atoms with Crippen LogP contribution in [0.25, 0.3) is 10.6 Å². The molecule has 0 N–H and O–H groups in total. The van der Waals surface area contributed by atoms with E-state index in [1.54, 1.807) is 28.8 Å². The van der Waals surface area contributed by atoms with Crippen molar-refractivity contribution in [2.45, 2.75) is 31.5 Å². The van der Waals surface area contributed by atoms with Gasteiger partial charge in [-0.25, -0.2) is 4.79 Å². The number of benzene rings is 1. The summed E-state index contributed by atoms with van der Waals surface area (Å²) < 4.78 is 0. The van der Waals surface area contributed by atoms with Crippen molar-refractivity contribution >= 4 is 17.4 Å². The second kappa shape index (κ2) is 7.29. The molecule has 0 saturated carbocycles. The van der Waals surface area contributed by atoms with Crippen LogP contribution in [-0.2, 0) is 11.4 Å². The molecule has 8 heteroatoms. The number of rotatable bonds is 5. The number of fused-ring (bicyclic) bond motifs is 2. The number of amides is 2. The summed E-state index contributed by atoms with van der Waals surface area (Å²) in [7, 11) is 0. The molecule has 2 aliphatic rings. The smallest absolute Gasteiger partial charge is 0.311 e. The number of hydrogen-bond donors (Lipinski definition) is 0. The van der Waals surface area contributed by atoms with Crippen LogP contribution in [0.5, 0.6) is 0 Å². The molecule has 7 nitrogen and oxygen atoms in total. The first kappa shape index (κ1) is 17.3. The lowest BCUT2D eigenvalue weighted by atomic mass is 10.0. The van der Waals surface area contributed by atoms with Crippen molar-refractivity contribution in [2.75, 3.05) is 6.54 Å². The van der Waals surface area contributed by atoms with Gasteiger partial charge in [0.25, 0.3) is 0 Å². The third-order valence-corrected chi connectivity index (χ3v) is 6.26. The van der Waals surface area contributed by atoms with Gasteiger partial charge in [0.2, 0.25) is 0 Å². The zero-order valence-electron chi connectivity index (χ0n) is 15.1. The van der Waals surface area contributed by atoms with Gasteiger partial charge in [-0.3, -0.25) is 9.82 Å². The molecule has 1 aromatic carbocycles. The Morgan fingerprint density at radius 3 is 2.71 bits per heavy atom. The Hall–Kier alpha value is -2.84. The zero-order valence-corrected chi connectivity index (χ0v) is 16.0. The van der Waals surface area contributed by atoms with Crippen LogP contribution >= 0.6 is 11.3 Å². The Morgan fingerprint density at radius 2 is 1.89 bits per heavy atom. The van der Waals surface area contributed by atoms with Gasteiger partial charge in [0.05, 0.1) is 12.1 Å². The van der Waals surface area contributed by atoms with E-state index in [0.717, 1.165) is 34.0 Å². The second-order valence-electron chi connectivity index (χ2n) is 6.95. The van der Waals surface area contributed by atoms with Crippen molar-refractivity contribution in [1.29, 1.82) is 0 Å². The monoisotopic (exact) mass is 393 g/mol. The Bertz CT molecular complexity index is 965. The highest BCUT2D eigenvalue weighted by molar-refractivity contribution is 7.14. The van der Waals surface area contributed by atoms with Crippen molar-refractivity contribution in [3.8, 4) is 10.6 Å². The number of piperidine rings is 1. The number of hydrogen-bond acceptors (Lipinski definition) is 6. The third kappa shape index (κ3) is 3.14. The van der Waals surface area contributed by atoms with Gasteiger partial charge in [-0.2, -0.15) is 5.06 Å². The third-order valence-electron chi connectivity index (χ3n) is 5.19. The van der Waals surface area contributed by atoms with Crippen molar-refractivity contribution in [1.82, 2.24) is 25.1 Å². The molecule has 2 amide bonds. The maximum absolute atomic E-state index is 12.9. The minimum Gasteiger partial charge on any atom is -0.311 e. The Morgan fingerprint density at radius 1 is 1.07 bits per heavy atom. The lowest BCUT2D eigenvalue weighted by molar-refractivity contribution is -0.140. The minimum absolute atomic E-state index is 0.0397. The Balaban J connectivity index is 1.31. The lowest BCUT2D eigenvalue weighted by Gasteiger charge is -2.28. The van der Waals surface area contributed by atoms with E-state index in [1.165, 1.54) is 0 Å². The van der Waals surface area contributed by atoms with E-state index in [9.17, 15) is 4.79 Å². The van der Waals surface area contributed by atoms with Gasteiger partial charge >= 0.3 is 6.03 Å². The molecule has 5 rings (SSSR count). The standard InChI is InChI=1S/C20H19N5O2S/c26-20-24-12-16(25(20)27-13-14-4-2-1-3-5-14)6-7-17(24)19-23-22-18(28-19)15-8-10-21-11-9-15/h1-5,8-11,16-17H,6-7,12-13H2. The maximum atomic E-state index is 12.9. The SMILES string of the molecule is O=C1N2CC(CCC2c2nnc(-c3ccncc3)s2)N1OCc1ccccc1. The average Bonchev–Trinajstić information content (AvgIpc) is 3.33. The average molecular weight is 393 g/mol. The van der Waals surface area contributed by atoms with Gasteiger partial charge in [0, 0.05) is 24.5 Å². The summed E-state index contributed by atoms with van der Waals surface area (Å²) in [5.41, 5.74) is 2.04. The van der Waals surface area contributed by atoms with E-state index in [1.807, 2.05) is 47.4 Å². The normalized spacial score (nSPS) is 21.4. The van der Waals surface area contributed by atoms with Gasteiger partial charge in [0.15, 0.2) is 0 Å². The summed E-state index contributed by atoms with van der Waals surface area (Å²) in [6.45, 7) is 1.06. The summed E-state index contributed by atoms with van der Waals surface area (Å²) in [5, 5.41) is 12.0. The predicted molar refractivity (Wildman–Crippen MR) is 104 cm³/mol. The van der Waals surface area contributed by atoms with Crippen LogP contribution in [0.2, 0.25) is 0 Å². The van der Waals surface area contributed by atoms with Crippen LogP contribution in [0, 0.1) is 0 Å². The van der Waals surface area contributed by atoms with Gasteiger partial charge in [-0.15, -0.1) is 10.2 Å². The molecule has 2 fully saturated rings. The molecule has 2 aromatic heterocycles. The molecule has 3 aromatic rings. The Kier molecular flexibility index (Phi) is 4.50. The van der Waals surface area contributed by atoms with E-state index in [0.29, 0.717) is 13.2 Å². The molecular weight excluding hydrogens is 374 g/mol. The fraction of sp³-hybridized carbons (Fsp3) is 0.300. The summed E-state index contributed by atoms with van der Waals surface area (Å²) in [4.78, 5) is 24.7. The summed E-state index contributed by atoms with van der Waals surface area (Å²) in [5.74, 6) is 0. The molecule has 2 atom stereocenters. The van der Waals surface area contributed by atoms with Gasteiger partial charge in [-0.05, 0) is 30.5 Å².